The summed E-state index contributed by atoms with van der Waals surface area (Å²) in [5.41, 5.74) is 0.286. The van der Waals surface area contributed by atoms with Crippen LogP contribution in [-0.4, -0.2) is 30.2 Å². The maximum absolute atomic E-state index is 13.5. The van der Waals surface area contributed by atoms with Gasteiger partial charge in [0.2, 0.25) is 0 Å². The number of aliphatic hydroxyl groups excluding tert-OH is 1. The third-order valence-electron chi connectivity index (χ3n) is 2.95. The molecular formula is C14H20FN3O. The summed E-state index contributed by atoms with van der Waals surface area (Å²) in [7, 11) is 0. The molecule has 19 heavy (non-hydrogen) atoms. The smallest absolute Gasteiger partial charge is 0.191 e. The maximum atomic E-state index is 13.5. The van der Waals surface area contributed by atoms with Crippen LogP contribution in [-0.2, 0) is 0 Å². The van der Waals surface area contributed by atoms with Crippen molar-refractivity contribution in [2.75, 3.05) is 13.1 Å². The standard InChI is InChI=1S/C14H20FN3O/c1-2-16-14(18-10-7-8-10)17-9-13(19)11-5-3-4-6-12(11)15/h3-6,10,13,19H,2,7-9H2,1H3,(H2,16,17,18). The molecule has 1 fully saturated rings. The van der Waals surface area contributed by atoms with Crippen molar-refractivity contribution in [3.8, 4) is 0 Å². The van der Waals surface area contributed by atoms with E-state index < -0.39 is 11.9 Å². The Kier molecular flexibility index (Phi) is 4.74. The molecule has 1 unspecified atom stereocenters. The second-order valence-corrected chi connectivity index (χ2v) is 4.68. The van der Waals surface area contributed by atoms with Gasteiger partial charge in [-0.2, -0.15) is 0 Å². The van der Waals surface area contributed by atoms with Crippen LogP contribution < -0.4 is 10.6 Å². The lowest BCUT2D eigenvalue weighted by atomic mass is 10.1. The van der Waals surface area contributed by atoms with E-state index in [-0.39, 0.29) is 12.1 Å². The van der Waals surface area contributed by atoms with Crippen LogP contribution in [0.2, 0.25) is 0 Å². The van der Waals surface area contributed by atoms with E-state index in [9.17, 15) is 9.50 Å². The fourth-order valence-corrected chi connectivity index (χ4v) is 1.76. The zero-order chi connectivity index (χ0) is 13.7. The van der Waals surface area contributed by atoms with Crippen LogP contribution in [0.25, 0.3) is 0 Å². The van der Waals surface area contributed by atoms with Gasteiger partial charge in [-0.1, -0.05) is 18.2 Å². The van der Waals surface area contributed by atoms with Crippen molar-refractivity contribution in [3.05, 3.63) is 35.6 Å². The fraction of sp³-hybridized carbons (Fsp3) is 0.500. The van der Waals surface area contributed by atoms with E-state index in [0.717, 1.165) is 19.4 Å². The van der Waals surface area contributed by atoms with Crippen molar-refractivity contribution in [3.63, 3.8) is 0 Å². The highest BCUT2D eigenvalue weighted by Gasteiger charge is 2.22. The minimum Gasteiger partial charge on any atom is -0.386 e. The molecule has 0 spiro atoms. The largest absolute Gasteiger partial charge is 0.386 e. The molecule has 1 aliphatic carbocycles. The number of aliphatic imine (C=N–C) groups is 1. The molecule has 1 aliphatic rings. The number of nitrogens with zero attached hydrogens (tertiary/aromatic N) is 1. The molecule has 104 valence electrons. The highest BCUT2D eigenvalue weighted by atomic mass is 19.1. The molecule has 0 saturated heterocycles. The van der Waals surface area contributed by atoms with Crippen molar-refractivity contribution >= 4 is 5.96 Å². The van der Waals surface area contributed by atoms with Gasteiger partial charge in [-0.25, -0.2) is 4.39 Å². The van der Waals surface area contributed by atoms with E-state index in [0.29, 0.717) is 12.0 Å². The van der Waals surface area contributed by atoms with Crippen LogP contribution in [0.1, 0.15) is 31.4 Å². The van der Waals surface area contributed by atoms with Crippen LogP contribution >= 0.6 is 0 Å². The monoisotopic (exact) mass is 265 g/mol. The van der Waals surface area contributed by atoms with Crippen LogP contribution in [0, 0.1) is 5.82 Å². The first-order valence-corrected chi connectivity index (χ1v) is 6.68. The third-order valence-corrected chi connectivity index (χ3v) is 2.95. The molecule has 0 aliphatic heterocycles. The Morgan fingerprint density at radius 1 is 1.47 bits per heavy atom. The van der Waals surface area contributed by atoms with Gasteiger partial charge < -0.3 is 15.7 Å². The number of guanidine groups is 1. The Hall–Kier alpha value is -1.62. The van der Waals surface area contributed by atoms with E-state index in [2.05, 4.69) is 15.6 Å². The molecule has 0 aromatic heterocycles. The van der Waals surface area contributed by atoms with Gasteiger partial charge in [0.15, 0.2) is 5.96 Å². The van der Waals surface area contributed by atoms with Gasteiger partial charge in [0.1, 0.15) is 11.9 Å². The van der Waals surface area contributed by atoms with Crippen molar-refractivity contribution < 1.29 is 9.50 Å². The Balaban J connectivity index is 1.96. The predicted molar refractivity (Wildman–Crippen MR) is 73.5 cm³/mol. The van der Waals surface area contributed by atoms with Crippen molar-refractivity contribution in [1.29, 1.82) is 0 Å². The molecule has 3 N–H and O–H groups in total. The number of benzene rings is 1. The van der Waals surface area contributed by atoms with Gasteiger partial charge in [-0.05, 0) is 25.8 Å². The number of hydrogen-bond donors (Lipinski definition) is 3. The number of hydrogen-bond acceptors (Lipinski definition) is 2. The highest BCUT2D eigenvalue weighted by molar-refractivity contribution is 5.80. The molecule has 2 rings (SSSR count). The Morgan fingerprint density at radius 3 is 2.84 bits per heavy atom. The topological polar surface area (TPSA) is 56.7 Å². The average Bonchev–Trinajstić information content (AvgIpc) is 3.20. The number of rotatable bonds is 5. The fourth-order valence-electron chi connectivity index (χ4n) is 1.76. The maximum Gasteiger partial charge on any atom is 0.191 e. The summed E-state index contributed by atoms with van der Waals surface area (Å²) in [6.07, 6.45) is 1.39. The van der Waals surface area contributed by atoms with Crippen LogP contribution in [0.5, 0.6) is 0 Å². The molecule has 0 radical (unpaired) electrons. The minimum atomic E-state index is -0.921. The lowest BCUT2D eigenvalue weighted by Gasteiger charge is -2.13. The molecule has 1 aromatic carbocycles. The molecule has 1 saturated carbocycles. The first-order valence-electron chi connectivity index (χ1n) is 6.68. The zero-order valence-corrected chi connectivity index (χ0v) is 11.1. The summed E-state index contributed by atoms with van der Waals surface area (Å²) >= 11 is 0. The summed E-state index contributed by atoms with van der Waals surface area (Å²) in [4.78, 5) is 4.29. The minimum absolute atomic E-state index is 0.142. The summed E-state index contributed by atoms with van der Waals surface area (Å²) in [5, 5.41) is 16.3. The molecule has 0 bridgehead atoms. The van der Waals surface area contributed by atoms with Crippen LogP contribution in [0.4, 0.5) is 4.39 Å². The van der Waals surface area contributed by atoms with Crippen molar-refractivity contribution in [2.45, 2.75) is 31.9 Å². The number of aliphatic hydroxyl groups is 1. The predicted octanol–water partition coefficient (Wildman–Crippen LogP) is 1.58. The molecule has 0 heterocycles. The summed E-state index contributed by atoms with van der Waals surface area (Å²) < 4.78 is 13.5. The van der Waals surface area contributed by atoms with E-state index in [1.165, 1.54) is 6.07 Å². The highest BCUT2D eigenvalue weighted by Crippen LogP contribution is 2.19. The zero-order valence-electron chi connectivity index (χ0n) is 11.1. The SMILES string of the molecule is CCNC(=NCC(O)c1ccccc1F)NC1CC1. The Bertz CT molecular complexity index is 446. The van der Waals surface area contributed by atoms with E-state index >= 15 is 0 Å². The average molecular weight is 265 g/mol. The van der Waals surface area contributed by atoms with Crippen LogP contribution in [0.3, 0.4) is 0 Å². The summed E-state index contributed by atoms with van der Waals surface area (Å²) in [6, 6.07) is 6.72. The van der Waals surface area contributed by atoms with Gasteiger partial charge in [-0.15, -0.1) is 0 Å². The van der Waals surface area contributed by atoms with Crippen molar-refractivity contribution in [2.24, 2.45) is 4.99 Å². The summed E-state index contributed by atoms with van der Waals surface area (Å²) in [5.74, 6) is 0.283. The third kappa shape index (κ3) is 4.21. The first-order chi connectivity index (χ1) is 9.20. The van der Waals surface area contributed by atoms with E-state index in [4.69, 9.17) is 0 Å². The number of nitrogens with one attached hydrogen (secondary N) is 2. The van der Waals surface area contributed by atoms with Gasteiger partial charge in [0, 0.05) is 18.2 Å². The quantitative estimate of drug-likeness (QED) is 0.559. The van der Waals surface area contributed by atoms with E-state index in [1.54, 1.807) is 18.2 Å². The van der Waals surface area contributed by atoms with Gasteiger partial charge in [0.05, 0.1) is 6.54 Å². The molecule has 4 nitrogen and oxygen atoms in total. The lowest BCUT2D eigenvalue weighted by molar-refractivity contribution is 0.182. The first kappa shape index (κ1) is 13.8. The van der Waals surface area contributed by atoms with Gasteiger partial charge in [-0.3, -0.25) is 4.99 Å². The summed E-state index contributed by atoms with van der Waals surface area (Å²) in [6.45, 7) is 2.88. The normalized spacial score (nSPS) is 17.1. The molecule has 1 atom stereocenters. The second-order valence-electron chi connectivity index (χ2n) is 4.68. The second kappa shape index (κ2) is 6.52. The van der Waals surface area contributed by atoms with Gasteiger partial charge in [0.25, 0.3) is 0 Å². The molecule has 0 amide bonds. The lowest BCUT2D eigenvalue weighted by Crippen LogP contribution is -2.38. The molecule has 5 heteroatoms. The Labute approximate surface area is 112 Å². The Morgan fingerprint density at radius 2 is 2.21 bits per heavy atom. The molecular weight excluding hydrogens is 245 g/mol. The molecule has 1 aromatic rings. The van der Waals surface area contributed by atoms with Crippen molar-refractivity contribution in [1.82, 2.24) is 10.6 Å². The van der Waals surface area contributed by atoms with Crippen LogP contribution in [0.15, 0.2) is 29.3 Å². The van der Waals surface area contributed by atoms with Gasteiger partial charge >= 0.3 is 0 Å². The van der Waals surface area contributed by atoms with E-state index in [1.807, 2.05) is 6.92 Å². The number of halogens is 1.